The fraction of sp³-hybridized carbons (Fsp3) is 0.938. The summed E-state index contributed by atoms with van der Waals surface area (Å²) >= 11 is 0. The number of amides is 1. The summed E-state index contributed by atoms with van der Waals surface area (Å²) in [5, 5.41) is 23.4. The number of unbranched alkanes of at least 4 members (excludes halogenated alkanes) is 47. The van der Waals surface area contributed by atoms with Crippen molar-refractivity contribution in [1.29, 1.82) is 0 Å². The van der Waals surface area contributed by atoms with Crippen LogP contribution in [0.4, 0.5) is 0 Å². The molecule has 0 radical (unpaired) electrons. The van der Waals surface area contributed by atoms with Crippen LogP contribution in [-0.2, 0) is 14.3 Å². The third-order valence-electron chi connectivity index (χ3n) is 15.1. The summed E-state index contributed by atoms with van der Waals surface area (Å²) in [6.45, 7) is 4.95. The maximum Gasteiger partial charge on any atom is 0.305 e. The van der Waals surface area contributed by atoms with Gasteiger partial charge in [0.15, 0.2) is 0 Å². The highest BCUT2D eigenvalue weighted by molar-refractivity contribution is 5.76. The van der Waals surface area contributed by atoms with Gasteiger partial charge in [-0.3, -0.25) is 9.59 Å². The topological polar surface area (TPSA) is 95.9 Å². The first kappa shape index (κ1) is 68.6. The third kappa shape index (κ3) is 55.9. The molecular formula is C64H125NO5. The normalized spacial score (nSPS) is 12.6. The monoisotopic (exact) mass is 988 g/mol. The molecule has 0 spiro atoms. The van der Waals surface area contributed by atoms with Gasteiger partial charge in [0, 0.05) is 12.8 Å². The molecular weight excluding hydrogens is 863 g/mol. The van der Waals surface area contributed by atoms with Crippen molar-refractivity contribution < 1.29 is 24.5 Å². The Bertz CT molecular complexity index is 1050. The molecule has 0 bridgehead atoms. The van der Waals surface area contributed by atoms with Crippen LogP contribution in [0.2, 0.25) is 0 Å². The van der Waals surface area contributed by atoms with Gasteiger partial charge in [-0.05, 0) is 51.4 Å². The summed E-state index contributed by atoms with van der Waals surface area (Å²) in [4.78, 5) is 24.6. The molecule has 0 saturated carbocycles. The van der Waals surface area contributed by atoms with E-state index in [1.165, 1.54) is 257 Å². The fourth-order valence-electron chi connectivity index (χ4n) is 10.2. The molecule has 0 aliphatic carbocycles. The molecule has 2 atom stereocenters. The molecule has 416 valence electrons. The molecule has 0 fully saturated rings. The zero-order chi connectivity index (χ0) is 50.7. The molecule has 0 saturated heterocycles. The van der Waals surface area contributed by atoms with Crippen molar-refractivity contribution in [3.63, 3.8) is 0 Å². The minimum atomic E-state index is -0.682. The van der Waals surface area contributed by atoms with Gasteiger partial charge >= 0.3 is 5.97 Å². The summed E-state index contributed by atoms with van der Waals surface area (Å²) in [6, 6.07) is -0.562. The van der Waals surface area contributed by atoms with Gasteiger partial charge in [-0.15, -0.1) is 0 Å². The van der Waals surface area contributed by atoms with E-state index in [4.69, 9.17) is 4.74 Å². The minimum Gasteiger partial charge on any atom is -0.466 e. The lowest BCUT2D eigenvalue weighted by Gasteiger charge is -2.22. The molecule has 0 aromatic rings. The van der Waals surface area contributed by atoms with Crippen LogP contribution >= 0.6 is 0 Å². The summed E-state index contributed by atoms with van der Waals surface area (Å²) in [5.41, 5.74) is 0. The zero-order valence-corrected chi connectivity index (χ0v) is 47.5. The first-order valence-electron chi connectivity index (χ1n) is 31.9. The van der Waals surface area contributed by atoms with Gasteiger partial charge in [-0.1, -0.05) is 309 Å². The van der Waals surface area contributed by atoms with Crippen LogP contribution in [0.1, 0.15) is 361 Å². The molecule has 6 nitrogen and oxygen atoms in total. The van der Waals surface area contributed by atoms with Crippen LogP contribution in [0.3, 0.4) is 0 Å². The predicted molar refractivity (Wildman–Crippen MR) is 306 cm³/mol. The Hall–Kier alpha value is -1.40. The van der Waals surface area contributed by atoms with Gasteiger partial charge in [0.05, 0.1) is 25.4 Å². The molecule has 0 heterocycles. The van der Waals surface area contributed by atoms with Crippen molar-refractivity contribution in [1.82, 2.24) is 5.32 Å². The molecule has 2 unspecified atom stereocenters. The molecule has 1 amide bonds. The van der Waals surface area contributed by atoms with Crippen molar-refractivity contribution in [2.45, 2.75) is 373 Å². The van der Waals surface area contributed by atoms with Crippen molar-refractivity contribution in [3.05, 3.63) is 12.2 Å². The quantitative estimate of drug-likeness (QED) is 0.0321. The highest BCUT2D eigenvalue weighted by Gasteiger charge is 2.20. The maximum absolute atomic E-state index is 12.5. The standard InChI is InChI=1S/C64H125NO5/c1-3-5-7-9-11-13-15-17-19-21-22-23-24-25-26-28-29-32-36-40-44-48-52-56-62(67)61(60-66)65-63(68)57-53-49-45-41-37-33-31-35-39-43-47-51-55-59-70-64(69)58-54-50-46-42-38-34-30-27-20-18-16-14-12-10-8-6-4-2/h33,37,61-62,66-67H,3-32,34-36,38-60H2,1-2H3,(H,65,68)/b37-33-. The number of aliphatic hydroxyl groups excluding tert-OH is 2. The average Bonchev–Trinajstić information content (AvgIpc) is 3.36. The zero-order valence-electron chi connectivity index (χ0n) is 47.5. The number of allylic oxidation sites excluding steroid dienone is 2. The summed E-state index contributed by atoms with van der Waals surface area (Å²) in [6.07, 6.45) is 72.2. The third-order valence-corrected chi connectivity index (χ3v) is 15.1. The lowest BCUT2D eigenvalue weighted by atomic mass is 10.0. The average molecular weight is 989 g/mol. The second-order valence-corrected chi connectivity index (χ2v) is 22.1. The van der Waals surface area contributed by atoms with E-state index in [-0.39, 0.29) is 18.5 Å². The fourth-order valence-corrected chi connectivity index (χ4v) is 10.2. The first-order chi connectivity index (χ1) is 34.5. The molecule has 0 rings (SSSR count). The van der Waals surface area contributed by atoms with E-state index in [2.05, 4.69) is 31.3 Å². The second-order valence-electron chi connectivity index (χ2n) is 22.1. The summed E-state index contributed by atoms with van der Waals surface area (Å²) in [7, 11) is 0. The number of carbonyl (C=O) groups excluding carboxylic acids is 2. The van der Waals surface area contributed by atoms with Crippen molar-refractivity contribution in [2.75, 3.05) is 13.2 Å². The van der Waals surface area contributed by atoms with E-state index in [9.17, 15) is 19.8 Å². The summed E-state index contributed by atoms with van der Waals surface area (Å²) < 4.78 is 5.48. The number of rotatable bonds is 60. The smallest absolute Gasteiger partial charge is 0.305 e. The predicted octanol–water partition coefficient (Wildman–Crippen LogP) is 20.0. The Labute approximate surface area is 438 Å². The highest BCUT2D eigenvalue weighted by atomic mass is 16.5. The van der Waals surface area contributed by atoms with E-state index in [1.807, 2.05) is 0 Å². The van der Waals surface area contributed by atoms with Crippen LogP contribution in [-0.4, -0.2) is 47.4 Å². The van der Waals surface area contributed by atoms with E-state index in [0.717, 1.165) is 70.6 Å². The van der Waals surface area contributed by atoms with Crippen molar-refractivity contribution in [2.24, 2.45) is 0 Å². The van der Waals surface area contributed by atoms with E-state index < -0.39 is 12.1 Å². The molecule has 3 N–H and O–H groups in total. The number of ether oxygens (including phenoxy) is 1. The van der Waals surface area contributed by atoms with Crippen LogP contribution in [0.5, 0.6) is 0 Å². The SMILES string of the molecule is CCCCCCCCCCCCCCCCCCCCCCCCCC(O)C(CO)NC(=O)CCCCC/C=C\CCCCCCCCOC(=O)CCCCCCCCCCCCCCCCCCC. The van der Waals surface area contributed by atoms with Gasteiger partial charge in [-0.2, -0.15) is 0 Å². The van der Waals surface area contributed by atoms with Gasteiger partial charge in [0.2, 0.25) is 5.91 Å². The van der Waals surface area contributed by atoms with Gasteiger partial charge in [0.25, 0.3) is 0 Å². The van der Waals surface area contributed by atoms with Crippen LogP contribution < -0.4 is 5.32 Å². The Kier molecular flexibility index (Phi) is 59.0. The number of nitrogens with one attached hydrogen (secondary N) is 1. The lowest BCUT2D eigenvalue weighted by Crippen LogP contribution is -2.45. The van der Waals surface area contributed by atoms with Crippen LogP contribution in [0, 0.1) is 0 Å². The number of carbonyl (C=O) groups is 2. The number of hydrogen-bond donors (Lipinski definition) is 3. The number of esters is 1. The molecule has 0 aliphatic rings. The Morgan fingerprint density at radius 1 is 0.386 bits per heavy atom. The van der Waals surface area contributed by atoms with Gasteiger partial charge in [0.1, 0.15) is 0 Å². The van der Waals surface area contributed by atoms with E-state index >= 15 is 0 Å². The maximum atomic E-state index is 12.5. The minimum absolute atomic E-state index is 0.00728. The number of aliphatic hydroxyl groups is 2. The highest BCUT2D eigenvalue weighted by Crippen LogP contribution is 2.18. The van der Waals surface area contributed by atoms with Gasteiger partial charge in [-0.25, -0.2) is 0 Å². The van der Waals surface area contributed by atoms with Crippen LogP contribution in [0.25, 0.3) is 0 Å². The van der Waals surface area contributed by atoms with Crippen molar-refractivity contribution in [3.8, 4) is 0 Å². The molecule has 0 aromatic heterocycles. The van der Waals surface area contributed by atoms with E-state index in [1.54, 1.807) is 0 Å². The number of hydrogen-bond acceptors (Lipinski definition) is 5. The summed E-state index contributed by atoms with van der Waals surface area (Å²) in [5.74, 6) is -0.0676. The Morgan fingerprint density at radius 2 is 0.671 bits per heavy atom. The molecule has 0 aliphatic heterocycles. The largest absolute Gasteiger partial charge is 0.466 e. The first-order valence-corrected chi connectivity index (χ1v) is 31.9. The Morgan fingerprint density at radius 3 is 1.03 bits per heavy atom. The second kappa shape index (κ2) is 60.2. The lowest BCUT2D eigenvalue weighted by molar-refractivity contribution is -0.143. The molecule has 0 aromatic carbocycles. The van der Waals surface area contributed by atoms with Crippen LogP contribution in [0.15, 0.2) is 12.2 Å². The van der Waals surface area contributed by atoms with Crippen molar-refractivity contribution >= 4 is 11.9 Å². The van der Waals surface area contributed by atoms with Gasteiger partial charge < -0.3 is 20.3 Å². The molecule has 70 heavy (non-hydrogen) atoms. The molecule has 6 heteroatoms. The Balaban J connectivity index is 3.46. The van der Waals surface area contributed by atoms with E-state index in [0.29, 0.717) is 25.9 Å².